The van der Waals surface area contributed by atoms with Crippen molar-refractivity contribution < 1.29 is 9.47 Å². The standard InChI is InChI=1S/C16H25NO2S/c1-12(2)19-14-6-5-13(9-15(14)18-3)10-17-11-16(20-4)7-8-16/h5-6,9,12,17H,7-8,10-11H2,1-4H3. The lowest BCUT2D eigenvalue weighted by molar-refractivity contribution is 0.230. The molecule has 1 N–H and O–H groups in total. The summed E-state index contributed by atoms with van der Waals surface area (Å²) in [5, 5.41) is 3.55. The molecule has 1 fully saturated rings. The van der Waals surface area contributed by atoms with Gasteiger partial charge in [-0.15, -0.1) is 0 Å². The zero-order valence-electron chi connectivity index (χ0n) is 12.9. The molecule has 4 heteroatoms. The summed E-state index contributed by atoms with van der Waals surface area (Å²) < 4.78 is 11.6. The molecule has 1 aliphatic rings. The minimum Gasteiger partial charge on any atom is -0.493 e. The SMILES string of the molecule is COc1cc(CNCC2(SC)CC2)ccc1OC(C)C. The van der Waals surface area contributed by atoms with Gasteiger partial charge in [0.05, 0.1) is 13.2 Å². The minimum atomic E-state index is 0.157. The molecule has 0 bridgehead atoms. The third kappa shape index (κ3) is 4.06. The molecule has 0 aromatic heterocycles. The molecule has 0 amide bonds. The minimum absolute atomic E-state index is 0.157. The van der Waals surface area contributed by atoms with Crippen molar-refractivity contribution in [3.8, 4) is 11.5 Å². The summed E-state index contributed by atoms with van der Waals surface area (Å²) in [6, 6.07) is 6.16. The highest BCUT2D eigenvalue weighted by atomic mass is 32.2. The number of hydrogen-bond acceptors (Lipinski definition) is 4. The molecule has 1 saturated carbocycles. The Morgan fingerprint density at radius 2 is 2.05 bits per heavy atom. The summed E-state index contributed by atoms with van der Waals surface area (Å²) >= 11 is 1.98. The number of benzene rings is 1. The average molecular weight is 295 g/mol. The van der Waals surface area contributed by atoms with Gasteiger partial charge in [0.25, 0.3) is 0 Å². The van der Waals surface area contributed by atoms with Crippen LogP contribution in [0.2, 0.25) is 0 Å². The molecule has 1 aliphatic carbocycles. The Hall–Kier alpha value is -0.870. The summed E-state index contributed by atoms with van der Waals surface area (Å²) in [5.74, 6) is 1.62. The number of hydrogen-bond donors (Lipinski definition) is 1. The molecule has 0 atom stereocenters. The van der Waals surface area contributed by atoms with Crippen LogP contribution in [0.25, 0.3) is 0 Å². The van der Waals surface area contributed by atoms with Crippen LogP contribution in [-0.4, -0.2) is 30.8 Å². The Balaban J connectivity index is 1.91. The number of methoxy groups -OCH3 is 1. The molecule has 3 nitrogen and oxygen atoms in total. The van der Waals surface area contributed by atoms with Crippen molar-refractivity contribution >= 4 is 11.8 Å². The van der Waals surface area contributed by atoms with Gasteiger partial charge in [-0.2, -0.15) is 11.8 Å². The average Bonchev–Trinajstić information content (AvgIpc) is 3.20. The molecule has 0 radical (unpaired) electrons. The lowest BCUT2D eigenvalue weighted by Crippen LogP contribution is -2.25. The van der Waals surface area contributed by atoms with E-state index in [9.17, 15) is 0 Å². The van der Waals surface area contributed by atoms with Gasteiger partial charge in [0.2, 0.25) is 0 Å². The lowest BCUT2D eigenvalue weighted by atomic mass is 10.2. The van der Waals surface area contributed by atoms with Crippen LogP contribution < -0.4 is 14.8 Å². The third-order valence-electron chi connectivity index (χ3n) is 3.61. The fraction of sp³-hybridized carbons (Fsp3) is 0.625. The fourth-order valence-corrected chi connectivity index (χ4v) is 2.96. The normalized spacial score (nSPS) is 16.2. The van der Waals surface area contributed by atoms with E-state index >= 15 is 0 Å². The zero-order valence-corrected chi connectivity index (χ0v) is 13.7. The monoisotopic (exact) mass is 295 g/mol. The van der Waals surface area contributed by atoms with Crippen molar-refractivity contribution in [2.75, 3.05) is 19.9 Å². The molecule has 1 aromatic rings. The van der Waals surface area contributed by atoms with Gasteiger partial charge in [-0.25, -0.2) is 0 Å². The van der Waals surface area contributed by atoms with Crippen LogP contribution in [0.15, 0.2) is 18.2 Å². The van der Waals surface area contributed by atoms with Gasteiger partial charge in [-0.1, -0.05) is 6.07 Å². The van der Waals surface area contributed by atoms with E-state index in [0.29, 0.717) is 4.75 Å². The van der Waals surface area contributed by atoms with E-state index in [0.717, 1.165) is 24.6 Å². The van der Waals surface area contributed by atoms with E-state index < -0.39 is 0 Å². The number of thioether (sulfide) groups is 1. The van der Waals surface area contributed by atoms with Gasteiger partial charge >= 0.3 is 0 Å². The molecule has 112 valence electrons. The van der Waals surface area contributed by atoms with Crippen LogP contribution in [0.1, 0.15) is 32.3 Å². The van der Waals surface area contributed by atoms with Crippen molar-refractivity contribution in [3.63, 3.8) is 0 Å². The van der Waals surface area contributed by atoms with Gasteiger partial charge < -0.3 is 14.8 Å². The molecular formula is C16H25NO2S. The Bertz CT molecular complexity index is 444. The van der Waals surface area contributed by atoms with Crippen LogP contribution in [0.3, 0.4) is 0 Å². The van der Waals surface area contributed by atoms with Gasteiger partial charge in [-0.3, -0.25) is 0 Å². The second-order valence-electron chi connectivity index (χ2n) is 5.64. The lowest BCUT2D eigenvalue weighted by Gasteiger charge is -2.16. The molecule has 0 unspecified atom stereocenters. The second-order valence-corrected chi connectivity index (χ2v) is 6.92. The molecule has 1 aromatic carbocycles. The highest BCUT2D eigenvalue weighted by Gasteiger charge is 2.41. The van der Waals surface area contributed by atoms with Crippen LogP contribution >= 0.6 is 11.8 Å². The second kappa shape index (κ2) is 6.72. The fourth-order valence-electron chi connectivity index (χ4n) is 2.20. The van der Waals surface area contributed by atoms with Gasteiger partial charge in [-0.05, 0) is 50.6 Å². The van der Waals surface area contributed by atoms with E-state index in [1.54, 1.807) is 7.11 Å². The molecule has 0 heterocycles. The van der Waals surface area contributed by atoms with Crippen LogP contribution in [0.5, 0.6) is 11.5 Å². The topological polar surface area (TPSA) is 30.5 Å². The highest BCUT2D eigenvalue weighted by Crippen LogP contribution is 2.46. The predicted octanol–water partition coefficient (Wildman–Crippen LogP) is 3.47. The first kappa shape index (κ1) is 15.5. The van der Waals surface area contributed by atoms with E-state index in [1.807, 2.05) is 31.7 Å². The van der Waals surface area contributed by atoms with Crippen molar-refractivity contribution in [1.29, 1.82) is 0 Å². The van der Waals surface area contributed by atoms with Crippen molar-refractivity contribution in [1.82, 2.24) is 5.32 Å². The first-order valence-corrected chi connectivity index (χ1v) is 8.40. The number of ether oxygens (including phenoxy) is 2. The highest BCUT2D eigenvalue weighted by molar-refractivity contribution is 8.00. The molecule has 0 saturated heterocycles. The van der Waals surface area contributed by atoms with E-state index in [2.05, 4.69) is 23.7 Å². The molecule has 20 heavy (non-hydrogen) atoms. The Morgan fingerprint density at radius 1 is 1.30 bits per heavy atom. The Morgan fingerprint density at radius 3 is 2.60 bits per heavy atom. The van der Waals surface area contributed by atoms with E-state index in [4.69, 9.17) is 9.47 Å². The van der Waals surface area contributed by atoms with Crippen LogP contribution in [-0.2, 0) is 6.54 Å². The summed E-state index contributed by atoms with van der Waals surface area (Å²) in [4.78, 5) is 0. The van der Waals surface area contributed by atoms with Gasteiger partial charge in [0.1, 0.15) is 0 Å². The summed E-state index contributed by atoms with van der Waals surface area (Å²) in [6.07, 6.45) is 5.04. The smallest absolute Gasteiger partial charge is 0.161 e. The third-order valence-corrected chi connectivity index (χ3v) is 5.03. The Labute approximate surface area is 126 Å². The van der Waals surface area contributed by atoms with Crippen molar-refractivity contribution in [2.45, 2.75) is 44.1 Å². The van der Waals surface area contributed by atoms with Crippen LogP contribution in [0, 0.1) is 0 Å². The van der Waals surface area contributed by atoms with Crippen molar-refractivity contribution in [3.05, 3.63) is 23.8 Å². The number of nitrogens with one attached hydrogen (secondary N) is 1. The van der Waals surface area contributed by atoms with Gasteiger partial charge in [0.15, 0.2) is 11.5 Å². The summed E-state index contributed by atoms with van der Waals surface area (Å²) in [7, 11) is 1.69. The quantitative estimate of drug-likeness (QED) is 0.795. The van der Waals surface area contributed by atoms with Gasteiger partial charge in [0, 0.05) is 17.8 Å². The largest absolute Gasteiger partial charge is 0.493 e. The molecular weight excluding hydrogens is 270 g/mol. The summed E-state index contributed by atoms with van der Waals surface area (Å²) in [5.41, 5.74) is 1.23. The maximum atomic E-state index is 5.73. The number of rotatable bonds is 8. The first-order valence-electron chi connectivity index (χ1n) is 7.18. The maximum absolute atomic E-state index is 5.73. The van der Waals surface area contributed by atoms with E-state index in [-0.39, 0.29) is 6.10 Å². The van der Waals surface area contributed by atoms with E-state index in [1.165, 1.54) is 18.4 Å². The maximum Gasteiger partial charge on any atom is 0.161 e. The first-order chi connectivity index (χ1) is 9.58. The molecule has 0 aliphatic heterocycles. The predicted molar refractivity (Wildman–Crippen MR) is 85.9 cm³/mol. The summed E-state index contributed by atoms with van der Waals surface area (Å²) in [6.45, 7) is 6.00. The zero-order chi connectivity index (χ0) is 14.6. The molecule has 2 rings (SSSR count). The molecule has 0 spiro atoms. The Kier molecular flexibility index (Phi) is 5.22. The van der Waals surface area contributed by atoms with Crippen molar-refractivity contribution in [2.24, 2.45) is 0 Å². The van der Waals surface area contributed by atoms with Crippen LogP contribution in [0.4, 0.5) is 0 Å².